The van der Waals surface area contributed by atoms with Crippen molar-refractivity contribution in [1.82, 2.24) is 5.32 Å². The highest BCUT2D eigenvalue weighted by Gasteiger charge is 2.03. The minimum atomic E-state index is 0.625. The van der Waals surface area contributed by atoms with E-state index in [1.54, 1.807) is 0 Å². The van der Waals surface area contributed by atoms with Crippen molar-refractivity contribution in [3.63, 3.8) is 0 Å². The molecule has 0 saturated heterocycles. The van der Waals surface area contributed by atoms with Gasteiger partial charge in [-0.3, -0.25) is 0 Å². The normalized spacial score (nSPS) is 13.0. The second-order valence-corrected chi connectivity index (χ2v) is 5.80. The van der Waals surface area contributed by atoms with Gasteiger partial charge in [-0.1, -0.05) is 25.1 Å². The first-order valence-corrected chi connectivity index (χ1v) is 7.55. The second-order valence-electron chi connectivity index (χ2n) is 4.89. The van der Waals surface area contributed by atoms with Crippen LogP contribution in [0.2, 0.25) is 0 Å². The summed E-state index contributed by atoms with van der Waals surface area (Å²) >= 11 is 1.84. The Morgan fingerprint density at radius 3 is 2.94 bits per heavy atom. The van der Waals surface area contributed by atoms with Gasteiger partial charge in [-0.15, -0.1) is 11.3 Å². The molecule has 1 aromatic heterocycles. The summed E-state index contributed by atoms with van der Waals surface area (Å²) in [6.07, 6.45) is 2.28. The zero-order valence-corrected chi connectivity index (χ0v) is 11.8. The Morgan fingerprint density at radius 2 is 2.11 bits per heavy atom. The topological polar surface area (TPSA) is 38.0 Å². The molecule has 0 bridgehead atoms. The summed E-state index contributed by atoms with van der Waals surface area (Å²) in [6, 6.07) is 8.64. The lowest BCUT2D eigenvalue weighted by molar-refractivity contribution is 0.511. The minimum absolute atomic E-state index is 0.625. The summed E-state index contributed by atoms with van der Waals surface area (Å²) in [6.45, 7) is 5.11. The number of nitrogens with one attached hydrogen (secondary N) is 1. The molecule has 1 unspecified atom stereocenters. The van der Waals surface area contributed by atoms with Crippen LogP contribution in [0.3, 0.4) is 0 Å². The molecular formula is C15H22N2S. The van der Waals surface area contributed by atoms with E-state index >= 15 is 0 Å². The number of benzene rings is 1. The molecule has 0 aliphatic rings. The molecule has 0 aliphatic carbocycles. The second kappa shape index (κ2) is 6.88. The Hall–Kier alpha value is -0.900. The van der Waals surface area contributed by atoms with Crippen LogP contribution in [0.25, 0.3) is 10.1 Å². The van der Waals surface area contributed by atoms with Gasteiger partial charge in [0.25, 0.3) is 0 Å². The van der Waals surface area contributed by atoms with Gasteiger partial charge in [0.15, 0.2) is 0 Å². The molecule has 0 fully saturated rings. The first-order valence-electron chi connectivity index (χ1n) is 6.67. The van der Waals surface area contributed by atoms with Crippen LogP contribution >= 0.6 is 11.3 Å². The van der Waals surface area contributed by atoms with E-state index in [0.29, 0.717) is 5.92 Å². The van der Waals surface area contributed by atoms with E-state index in [9.17, 15) is 0 Å². The maximum absolute atomic E-state index is 5.60. The predicted molar refractivity (Wildman–Crippen MR) is 81.2 cm³/mol. The Morgan fingerprint density at radius 1 is 1.28 bits per heavy atom. The number of hydrogen-bond acceptors (Lipinski definition) is 3. The summed E-state index contributed by atoms with van der Waals surface area (Å²) < 4.78 is 1.39. The highest BCUT2D eigenvalue weighted by Crippen LogP contribution is 2.25. The minimum Gasteiger partial charge on any atom is -0.330 e. The highest BCUT2D eigenvalue weighted by atomic mass is 32.1. The fraction of sp³-hybridized carbons (Fsp3) is 0.467. The Bertz CT molecular complexity index is 478. The molecule has 0 spiro atoms. The third kappa shape index (κ3) is 3.55. The molecule has 2 rings (SSSR count). The summed E-state index contributed by atoms with van der Waals surface area (Å²) in [5.74, 6) is 0.625. The molecule has 1 aromatic carbocycles. The lowest BCUT2D eigenvalue weighted by Gasteiger charge is -2.08. The largest absolute Gasteiger partial charge is 0.330 e. The van der Waals surface area contributed by atoms with Gasteiger partial charge in [-0.05, 0) is 60.8 Å². The molecule has 3 heteroatoms. The van der Waals surface area contributed by atoms with Gasteiger partial charge in [0.05, 0.1) is 0 Å². The van der Waals surface area contributed by atoms with Crippen molar-refractivity contribution >= 4 is 21.4 Å². The van der Waals surface area contributed by atoms with Crippen LogP contribution in [0.15, 0.2) is 29.6 Å². The van der Waals surface area contributed by atoms with Crippen LogP contribution in [0.4, 0.5) is 0 Å². The van der Waals surface area contributed by atoms with Crippen LogP contribution in [-0.2, 0) is 6.42 Å². The number of fused-ring (bicyclic) bond motifs is 1. The Labute approximate surface area is 113 Å². The van der Waals surface area contributed by atoms with Crippen molar-refractivity contribution in [2.75, 3.05) is 19.6 Å². The zero-order valence-electron chi connectivity index (χ0n) is 11.0. The first kappa shape index (κ1) is 13.5. The average Bonchev–Trinajstić information content (AvgIpc) is 2.81. The zero-order chi connectivity index (χ0) is 12.8. The van der Waals surface area contributed by atoms with E-state index in [-0.39, 0.29) is 0 Å². The molecule has 1 heterocycles. The first-order chi connectivity index (χ1) is 8.81. The third-order valence-corrected chi connectivity index (χ3v) is 4.36. The maximum Gasteiger partial charge on any atom is 0.0345 e. The van der Waals surface area contributed by atoms with Crippen molar-refractivity contribution in [1.29, 1.82) is 0 Å². The standard InChI is InChI=1S/C15H22N2S/c1-12(10-16)6-8-17-9-7-13-11-18-15-5-3-2-4-14(13)15/h2-5,11-12,17H,6-10,16H2,1H3. The fourth-order valence-corrected chi connectivity index (χ4v) is 3.04. The SMILES string of the molecule is CC(CN)CCNCCc1csc2ccccc12. The molecular weight excluding hydrogens is 240 g/mol. The van der Waals surface area contributed by atoms with E-state index in [1.165, 1.54) is 22.1 Å². The monoisotopic (exact) mass is 262 g/mol. The number of rotatable bonds is 7. The van der Waals surface area contributed by atoms with Crippen molar-refractivity contribution < 1.29 is 0 Å². The smallest absolute Gasteiger partial charge is 0.0345 e. The van der Waals surface area contributed by atoms with Crippen molar-refractivity contribution in [2.45, 2.75) is 19.8 Å². The maximum atomic E-state index is 5.60. The molecule has 18 heavy (non-hydrogen) atoms. The molecule has 0 saturated carbocycles. The number of thiophene rings is 1. The average molecular weight is 262 g/mol. The molecule has 2 nitrogen and oxygen atoms in total. The molecule has 98 valence electrons. The van der Waals surface area contributed by atoms with Crippen LogP contribution in [-0.4, -0.2) is 19.6 Å². The molecule has 3 N–H and O–H groups in total. The highest BCUT2D eigenvalue weighted by molar-refractivity contribution is 7.17. The van der Waals surface area contributed by atoms with Crippen molar-refractivity contribution in [3.8, 4) is 0 Å². The van der Waals surface area contributed by atoms with Gasteiger partial charge in [0, 0.05) is 4.70 Å². The predicted octanol–water partition coefficient (Wildman–Crippen LogP) is 3.02. The van der Waals surface area contributed by atoms with Crippen LogP contribution < -0.4 is 11.1 Å². The van der Waals surface area contributed by atoms with Crippen molar-refractivity contribution in [3.05, 3.63) is 35.2 Å². The van der Waals surface area contributed by atoms with Gasteiger partial charge in [-0.25, -0.2) is 0 Å². The van der Waals surface area contributed by atoms with E-state index < -0.39 is 0 Å². The van der Waals surface area contributed by atoms with Gasteiger partial charge in [-0.2, -0.15) is 0 Å². The van der Waals surface area contributed by atoms with Crippen LogP contribution in [0.1, 0.15) is 18.9 Å². The molecule has 2 aromatic rings. The van der Waals surface area contributed by atoms with Gasteiger partial charge < -0.3 is 11.1 Å². The van der Waals surface area contributed by atoms with E-state index in [2.05, 4.69) is 41.9 Å². The lowest BCUT2D eigenvalue weighted by atomic mass is 10.1. The molecule has 1 atom stereocenters. The summed E-state index contributed by atoms with van der Waals surface area (Å²) in [5.41, 5.74) is 7.07. The Balaban J connectivity index is 1.77. The van der Waals surface area contributed by atoms with Crippen LogP contribution in [0, 0.1) is 5.92 Å². The lowest BCUT2D eigenvalue weighted by Crippen LogP contribution is -2.22. The summed E-state index contributed by atoms with van der Waals surface area (Å²) in [5, 5.41) is 7.21. The van der Waals surface area contributed by atoms with Crippen LogP contribution in [0.5, 0.6) is 0 Å². The Kier molecular flexibility index (Phi) is 5.17. The number of hydrogen-bond donors (Lipinski definition) is 2. The molecule has 0 aliphatic heterocycles. The summed E-state index contributed by atoms with van der Waals surface area (Å²) in [7, 11) is 0. The third-order valence-electron chi connectivity index (χ3n) is 3.35. The molecule has 0 radical (unpaired) electrons. The quantitative estimate of drug-likeness (QED) is 0.753. The number of nitrogens with two attached hydrogens (primary N) is 1. The van der Waals surface area contributed by atoms with E-state index in [1.807, 2.05) is 11.3 Å². The molecule has 0 amide bonds. The van der Waals surface area contributed by atoms with E-state index in [4.69, 9.17) is 5.73 Å². The fourth-order valence-electron chi connectivity index (χ4n) is 2.04. The van der Waals surface area contributed by atoms with Crippen molar-refractivity contribution in [2.24, 2.45) is 11.7 Å². The van der Waals surface area contributed by atoms with Gasteiger partial charge >= 0.3 is 0 Å². The summed E-state index contributed by atoms with van der Waals surface area (Å²) in [4.78, 5) is 0. The van der Waals surface area contributed by atoms with Gasteiger partial charge in [0.1, 0.15) is 0 Å². The van der Waals surface area contributed by atoms with E-state index in [0.717, 1.165) is 26.1 Å². The van der Waals surface area contributed by atoms with Gasteiger partial charge in [0.2, 0.25) is 0 Å².